The zero-order valence-corrected chi connectivity index (χ0v) is 22.6. The van der Waals surface area contributed by atoms with E-state index < -0.39 is 0 Å². The summed E-state index contributed by atoms with van der Waals surface area (Å²) in [5.74, 6) is 2.30. The standard InChI is InChI=1S/C30H32N4O2S/c1-19(2)33-20(3)18-26(21(33)4)29-28(27-8-6-7-17-31-27)32-30(37)34(29)22-9-11-24(12-10-22)36-25-15-13-23(35-5)14-16-25/h6-19,28-29H,1-5H3,(H,32,37)/t28-,29-/m0/s1. The van der Waals surface area contributed by atoms with Gasteiger partial charge in [-0.05, 0) is 112 Å². The van der Waals surface area contributed by atoms with E-state index in [0.29, 0.717) is 11.2 Å². The van der Waals surface area contributed by atoms with Gasteiger partial charge in [-0.15, -0.1) is 0 Å². The van der Waals surface area contributed by atoms with Crippen LogP contribution < -0.4 is 19.7 Å². The number of methoxy groups -OCH3 is 1. The summed E-state index contributed by atoms with van der Waals surface area (Å²) < 4.78 is 13.7. The van der Waals surface area contributed by atoms with Gasteiger partial charge in [-0.2, -0.15) is 0 Å². The fraction of sp³-hybridized carbons (Fsp3) is 0.267. The molecule has 6 nitrogen and oxygen atoms in total. The second-order valence-electron chi connectivity index (χ2n) is 9.56. The van der Waals surface area contributed by atoms with E-state index in [0.717, 1.165) is 28.6 Å². The van der Waals surface area contributed by atoms with Crippen LogP contribution in [0.1, 0.15) is 54.6 Å². The van der Waals surface area contributed by atoms with Crippen LogP contribution in [0.25, 0.3) is 0 Å². The molecular weight excluding hydrogens is 480 g/mol. The highest BCUT2D eigenvalue weighted by Gasteiger charge is 2.42. The molecule has 0 saturated carbocycles. The molecule has 5 rings (SSSR count). The maximum absolute atomic E-state index is 6.05. The summed E-state index contributed by atoms with van der Waals surface area (Å²) >= 11 is 5.91. The van der Waals surface area contributed by atoms with Crippen molar-refractivity contribution in [1.82, 2.24) is 14.9 Å². The Balaban J connectivity index is 1.51. The first-order valence-electron chi connectivity index (χ1n) is 12.5. The first-order chi connectivity index (χ1) is 17.9. The fourth-order valence-corrected chi connectivity index (χ4v) is 5.65. The van der Waals surface area contributed by atoms with Crippen molar-refractivity contribution < 1.29 is 9.47 Å². The van der Waals surface area contributed by atoms with Crippen LogP contribution in [-0.2, 0) is 0 Å². The van der Waals surface area contributed by atoms with Gasteiger partial charge in [0.2, 0.25) is 0 Å². The molecule has 2 aromatic heterocycles. The van der Waals surface area contributed by atoms with Gasteiger partial charge in [0.25, 0.3) is 0 Å². The molecule has 37 heavy (non-hydrogen) atoms. The summed E-state index contributed by atoms with van der Waals surface area (Å²) in [4.78, 5) is 6.89. The molecule has 1 aliphatic heterocycles. The monoisotopic (exact) mass is 512 g/mol. The molecule has 0 bridgehead atoms. The van der Waals surface area contributed by atoms with Gasteiger partial charge in [0.1, 0.15) is 17.2 Å². The van der Waals surface area contributed by atoms with Gasteiger partial charge in [-0.1, -0.05) is 6.07 Å². The zero-order chi connectivity index (χ0) is 26.1. The Kier molecular flexibility index (Phi) is 6.89. The molecule has 0 radical (unpaired) electrons. The van der Waals surface area contributed by atoms with Crippen LogP contribution in [-0.4, -0.2) is 21.8 Å². The first-order valence-corrected chi connectivity index (χ1v) is 12.9. The molecule has 0 spiro atoms. The molecule has 1 saturated heterocycles. The van der Waals surface area contributed by atoms with Gasteiger partial charge in [-0.3, -0.25) is 4.98 Å². The predicted molar refractivity (Wildman–Crippen MR) is 152 cm³/mol. The largest absolute Gasteiger partial charge is 0.497 e. The number of anilines is 1. The van der Waals surface area contributed by atoms with Gasteiger partial charge in [0.05, 0.1) is 24.9 Å². The summed E-state index contributed by atoms with van der Waals surface area (Å²) in [5.41, 5.74) is 5.69. The van der Waals surface area contributed by atoms with Crippen molar-refractivity contribution in [3.8, 4) is 17.2 Å². The van der Waals surface area contributed by atoms with E-state index in [1.54, 1.807) is 7.11 Å². The predicted octanol–water partition coefficient (Wildman–Crippen LogP) is 7.06. The van der Waals surface area contributed by atoms with Gasteiger partial charge < -0.3 is 24.3 Å². The number of aromatic nitrogens is 2. The Morgan fingerprint density at radius 2 is 1.57 bits per heavy atom. The van der Waals surface area contributed by atoms with E-state index in [9.17, 15) is 0 Å². The lowest BCUT2D eigenvalue weighted by molar-refractivity contribution is 0.413. The number of benzene rings is 2. The van der Waals surface area contributed by atoms with E-state index in [1.807, 2.05) is 54.7 Å². The molecule has 0 amide bonds. The number of hydrogen-bond donors (Lipinski definition) is 1. The molecule has 1 N–H and O–H groups in total. The highest BCUT2D eigenvalue weighted by atomic mass is 32.1. The third-order valence-corrected chi connectivity index (χ3v) is 7.18. The van der Waals surface area contributed by atoms with E-state index in [-0.39, 0.29) is 12.1 Å². The Morgan fingerprint density at radius 1 is 0.919 bits per heavy atom. The Hall–Kier alpha value is -3.84. The molecule has 0 unspecified atom stereocenters. The second-order valence-corrected chi connectivity index (χ2v) is 9.95. The van der Waals surface area contributed by atoms with Crippen LogP contribution >= 0.6 is 12.2 Å². The number of hydrogen-bond acceptors (Lipinski definition) is 4. The van der Waals surface area contributed by atoms with Crippen LogP contribution in [0.15, 0.2) is 79.0 Å². The minimum absolute atomic E-state index is 0.0468. The van der Waals surface area contributed by atoms with Crippen molar-refractivity contribution in [2.75, 3.05) is 12.0 Å². The van der Waals surface area contributed by atoms with Gasteiger partial charge in [0, 0.05) is 29.3 Å². The highest BCUT2D eigenvalue weighted by molar-refractivity contribution is 7.80. The molecule has 2 aromatic carbocycles. The molecule has 1 fully saturated rings. The van der Waals surface area contributed by atoms with Gasteiger partial charge in [-0.25, -0.2) is 0 Å². The van der Waals surface area contributed by atoms with E-state index in [4.69, 9.17) is 21.7 Å². The van der Waals surface area contributed by atoms with Crippen LogP contribution in [0.5, 0.6) is 17.2 Å². The van der Waals surface area contributed by atoms with E-state index >= 15 is 0 Å². The zero-order valence-electron chi connectivity index (χ0n) is 21.8. The molecule has 190 valence electrons. The molecule has 4 aromatic rings. The average Bonchev–Trinajstić information content (AvgIpc) is 3.40. The van der Waals surface area contributed by atoms with Crippen LogP contribution in [0.4, 0.5) is 5.69 Å². The lowest BCUT2D eigenvalue weighted by Gasteiger charge is -2.28. The second kappa shape index (κ2) is 10.3. The van der Waals surface area contributed by atoms with Gasteiger partial charge >= 0.3 is 0 Å². The minimum atomic E-state index is -0.0787. The number of aryl methyl sites for hydroxylation is 1. The Bertz CT molecular complexity index is 1380. The molecule has 2 atom stereocenters. The Morgan fingerprint density at radius 3 is 2.14 bits per heavy atom. The molecule has 3 heterocycles. The average molecular weight is 513 g/mol. The van der Waals surface area contributed by atoms with Crippen molar-refractivity contribution in [3.05, 3.63) is 102 Å². The number of nitrogens with one attached hydrogen (secondary N) is 1. The number of nitrogens with zero attached hydrogens (tertiary/aromatic N) is 3. The fourth-order valence-electron chi connectivity index (χ4n) is 5.30. The SMILES string of the molecule is COc1ccc(Oc2ccc(N3C(=S)N[C@@H](c4ccccn4)[C@@H]3c3cc(C)n(C(C)C)c3C)cc2)cc1. The topological polar surface area (TPSA) is 51.6 Å². The minimum Gasteiger partial charge on any atom is -0.497 e. The van der Waals surface area contributed by atoms with Crippen LogP contribution in [0.3, 0.4) is 0 Å². The third kappa shape index (κ3) is 4.79. The van der Waals surface area contributed by atoms with Crippen LogP contribution in [0, 0.1) is 13.8 Å². The number of thiocarbonyl (C=S) groups is 1. The normalized spacial score (nSPS) is 17.2. The van der Waals surface area contributed by atoms with Crippen molar-refractivity contribution in [1.29, 1.82) is 0 Å². The maximum atomic E-state index is 6.05. The number of pyridine rings is 1. The molecule has 7 heteroatoms. The number of ether oxygens (including phenoxy) is 2. The quantitative estimate of drug-likeness (QED) is 0.268. The van der Waals surface area contributed by atoms with Crippen molar-refractivity contribution >= 4 is 23.0 Å². The summed E-state index contributed by atoms with van der Waals surface area (Å²) in [6, 6.07) is 24.2. The maximum Gasteiger partial charge on any atom is 0.174 e. The number of rotatable bonds is 7. The summed E-state index contributed by atoms with van der Waals surface area (Å²) in [5, 5.41) is 4.24. The summed E-state index contributed by atoms with van der Waals surface area (Å²) in [7, 11) is 1.65. The van der Waals surface area contributed by atoms with Crippen molar-refractivity contribution in [2.24, 2.45) is 0 Å². The molecule has 1 aliphatic rings. The molecular formula is C30H32N4O2S. The van der Waals surface area contributed by atoms with E-state index in [1.165, 1.54) is 17.0 Å². The molecule has 0 aliphatic carbocycles. The van der Waals surface area contributed by atoms with E-state index in [2.05, 4.69) is 71.7 Å². The van der Waals surface area contributed by atoms with Crippen LogP contribution in [0.2, 0.25) is 0 Å². The summed E-state index contributed by atoms with van der Waals surface area (Å²) in [6.07, 6.45) is 1.84. The van der Waals surface area contributed by atoms with Gasteiger partial charge in [0.15, 0.2) is 5.11 Å². The summed E-state index contributed by atoms with van der Waals surface area (Å²) in [6.45, 7) is 8.81. The Labute approximate surface area is 223 Å². The smallest absolute Gasteiger partial charge is 0.174 e. The lowest BCUT2D eigenvalue weighted by atomic mass is 9.96. The van der Waals surface area contributed by atoms with Crippen molar-refractivity contribution in [3.63, 3.8) is 0 Å². The first kappa shape index (κ1) is 24.8. The third-order valence-electron chi connectivity index (χ3n) is 6.87. The lowest BCUT2D eigenvalue weighted by Crippen LogP contribution is -2.29. The highest BCUT2D eigenvalue weighted by Crippen LogP contribution is 2.44. The van der Waals surface area contributed by atoms with Crippen molar-refractivity contribution in [2.45, 2.75) is 45.8 Å².